The Morgan fingerprint density at radius 3 is 1.71 bits per heavy atom. The number of pyridine rings is 1. The fourth-order valence-corrected chi connectivity index (χ4v) is 6.09. The maximum atomic E-state index is 14.1. The van der Waals surface area contributed by atoms with E-state index in [0.717, 1.165) is 23.9 Å². The average molecular weight is 670 g/mol. The number of fused-ring (bicyclic) bond motifs is 1. The van der Waals surface area contributed by atoms with Crippen molar-refractivity contribution >= 4 is 10.9 Å². The first-order valence-electron chi connectivity index (χ1n) is 18.4. The van der Waals surface area contributed by atoms with Crippen LogP contribution in [0, 0.1) is 0 Å². The molecule has 0 saturated carbocycles. The van der Waals surface area contributed by atoms with Crippen LogP contribution in [0.25, 0.3) is 22.2 Å². The lowest BCUT2D eigenvalue weighted by atomic mass is 10.0. The monoisotopic (exact) mass is 669 g/mol. The van der Waals surface area contributed by atoms with Gasteiger partial charge in [-0.05, 0) is 36.8 Å². The van der Waals surface area contributed by atoms with Crippen molar-refractivity contribution in [2.75, 3.05) is 26.4 Å². The van der Waals surface area contributed by atoms with Crippen molar-refractivity contribution in [2.45, 2.75) is 103 Å². The van der Waals surface area contributed by atoms with Gasteiger partial charge in [-0.3, -0.25) is 4.79 Å². The third-order valence-electron chi connectivity index (χ3n) is 8.58. The van der Waals surface area contributed by atoms with Crippen LogP contribution in [0.1, 0.15) is 96.8 Å². The molecule has 49 heavy (non-hydrogen) atoms. The summed E-state index contributed by atoms with van der Waals surface area (Å²) in [6.45, 7) is 19.4. The van der Waals surface area contributed by atoms with Crippen molar-refractivity contribution in [3.63, 3.8) is 0 Å². The second-order valence-corrected chi connectivity index (χ2v) is 12.5. The molecule has 6 nitrogen and oxygen atoms in total. The summed E-state index contributed by atoms with van der Waals surface area (Å²) in [4.78, 5) is 14.1. The van der Waals surface area contributed by atoms with Crippen LogP contribution in [-0.2, 0) is 6.54 Å². The average Bonchev–Trinajstić information content (AvgIpc) is 3.12. The van der Waals surface area contributed by atoms with Gasteiger partial charge in [-0.25, -0.2) is 0 Å². The van der Waals surface area contributed by atoms with Gasteiger partial charge in [0.15, 0.2) is 17.2 Å². The molecule has 1 aromatic heterocycles. The molecule has 0 unspecified atom stereocenters. The molecule has 0 saturated heterocycles. The van der Waals surface area contributed by atoms with Gasteiger partial charge in [-0.2, -0.15) is 0 Å². The van der Waals surface area contributed by atoms with E-state index in [0.29, 0.717) is 54.7 Å². The van der Waals surface area contributed by atoms with E-state index < -0.39 is 0 Å². The Morgan fingerprint density at radius 1 is 0.592 bits per heavy atom. The highest BCUT2D eigenvalue weighted by atomic mass is 16.5. The molecule has 0 aliphatic rings. The van der Waals surface area contributed by atoms with E-state index in [2.05, 4.69) is 37.8 Å². The van der Waals surface area contributed by atoms with Crippen LogP contribution in [0.5, 0.6) is 23.0 Å². The molecular weight excluding hydrogens is 610 g/mol. The first-order chi connectivity index (χ1) is 24.1. The molecule has 0 bridgehead atoms. The van der Waals surface area contributed by atoms with Crippen molar-refractivity contribution in [2.24, 2.45) is 0 Å². The number of hydrogen-bond donors (Lipinski definition) is 0. The first-order valence-corrected chi connectivity index (χ1v) is 18.4. The lowest BCUT2D eigenvalue weighted by molar-refractivity contribution is 0.308. The van der Waals surface area contributed by atoms with Gasteiger partial charge in [0, 0.05) is 23.6 Å². The summed E-state index contributed by atoms with van der Waals surface area (Å²) in [5.41, 5.74) is 2.09. The molecule has 266 valence electrons. The number of unbranched alkanes of at least 4 members (excludes halogenated alkanes) is 13. The van der Waals surface area contributed by atoms with Crippen molar-refractivity contribution < 1.29 is 18.9 Å². The Morgan fingerprint density at radius 2 is 1.12 bits per heavy atom. The Labute approximate surface area is 295 Å². The third-order valence-corrected chi connectivity index (χ3v) is 8.58. The molecule has 0 aliphatic carbocycles. The fourth-order valence-electron chi connectivity index (χ4n) is 6.09. The molecule has 2 aromatic carbocycles. The summed E-state index contributed by atoms with van der Waals surface area (Å²) in [7, 11) is 0. The first kappa shape index (κ1) is 39.3. The molecule has 0 atom stereocenters. The SMILES string of the molecule is C=CCOc1ccc2c(=O)c(OCC=C)c(-c3ccc(OCC=C)c(OCC=C)c3)n(CCCCCCCCCCCCCCCC)c2c1. The van der Waals surface area contributed by atoms with Crippen molar-refractivity contribution in [1.29, 1.82) is 0 Å². The molecule has 6 heteroatoms. The predicted octanol–water partition coefficient (Wildman–Crippen LogP) is 11.4. The number of nitrogens with zero attached hydrogens (tertiary/aromatic N) is 1. The lowest BCUT2D eigenvalue weighted by Crippen LogP contribution is -2.18. The zero-order valence-electron chi connectivity index (χ0n) is 30.0. The van der Waals surface area contributed by atoms with E-state index in [1.54, 1.807) is 24.3 Å². The number of benzene rings is 2. The van der Waals surface area contributed by atoms with E-state index in [1.165, 1.54) is 77.0 Å². The minimum Gasteiger partial charge on any atom is -0.489 e. The summed E-state index contributed by atoms with van der Waals surface area (Å²) in [5.74, 6) is 2.09. The van der Waals surface area contributed by atoms with Crippen molar-refractivity contribution in [3.8, 4) is 34.3 Å². The number of rotatable bonds is 28. The molecule has 1 heterocycles. The topological polar surface area (TPSA) is 58.9 Å². The summed E-state index contributed by atoms with van der Waals surface area (Å²) in [6, 6.07) is 11.3. The second kappa shape index (κ2) is 23.2. The van der Waals surface area contributed by atoms with E-state index in [1.807, 2.05) is 36.4 Å². The quantitative estimate of drug-likeness (QED) is 0.0569. The van der Waals surface area contributed by atoms with Crippen LogP contribution in [0.15, 0.2) is 91.8 Å². The normalized spacial score (nSPS) is 10.9. The Balaban J connectivity index is 1.88. The summed E-state index contributed by atoms with van der Waals surface area (Å²) in [6.07, 6.45) is 24.8. The molecule has 3 rings (SSSR count). The van der Waals surface area contributed by atoms with E-state index in [4.69, 9.17) is 18.9 Å². The maximum Gasteiger partial charge on any atom is 0.231 e. The van der Waals surface area contributed by atoms with Crippen LogP contribution in [0.4, 0.5) is 0 Å². The van der Waals surface area contributed by atoms with E-state index in [9.17, 15) is 4.79 Å². The van der Waals surface area contributed by atoms with Gasteiger partial charge in [0.2, 0.25) is 5.43 Å². The number of aromatic nitrogens is 1. The van der Waals surface area contributed by atoms with Crippen LogP contribution >= 0.6 is 0 Å². The van der Waals surface area contributed by atoms with Gasteiger partial charge < -0.3 is 23.5 Å². The predicted molar refractivity (Wildman–Crippen MR) is 207 cm³/mol. The Hall–Kier alpha value is -4.19. The van der Waals surface area contributed by atoms with Crippen LogP contribution in [0.2, 0.25) is 0 Å². The third kappa shape index (κ3) is 12.6. The largest absolute Gasteiger partial charge is 0.489 e. The number of ether oxygens (including phenoxy) is 4. The minimum absolute atomic E-state index is 0.181. The molecule has 0 radical (unpaired) electrons. The molecule has 0 spiro atoms. The van der Waals surface area contributed by atoms with Crippen molar-refractivity contribution in [1.82, 2.24) is 4.57 Å². The number of hydrogen-bond acceptors (Lipinski definition) is 5. The fraction of sp³-hybridized carbons (Fsp3) is 0.465. The zero-order chi connectivity index (χ0) is 35.1. The maximum absolute atomic E-state index is 14.1. The van der Waals surface area contributed by atoms with Gasteiger partial charge in [0.05, 0.1) is 11.2 Å². The molecule has 0 fully saturated rings. The van der Waals surface area contributed by atoms with E-state index in [-0.39, 0.29) is 17.8 Å². The van der Waals surface area contributed by atoms with Gasteiger partial charge in [-0.1, -0.05) is 141 Å². The molecule has 0 N–H and O–H groups in total. The highest BCUT2D eigenvalue weighted by Gasteiger charge is 2.22. The smallest absolute Gasteiger partial charge is 0.231 e. The van der Waals surface area contributed by atoms with E-state index >= 15 is 0 Å². The minimum atomic E-state index is -0.181. The van der Waals surface area contributed by atoms with Crippen LogP contribution in [-0.4, -0.2) is 31.0 Å². The van der Waals surface area contributed by atoms with Gasteiger partial charge in [0.25, 0.3) is 0 Å². The summed E-state index contributed by atoms with van der Waals surface area (Å²) >= 11 is 0. The standard InChI is InChI=1S/C43H59NO5/c1-6-11-12-13-14-15-16-17-18-19-20-21-22-23-28-44-38-34-36(46-29-7-2)25-26-37(38)42(45)43(49-32-10-5)41(44)35-24-27-39(47-30-8-3)40(33-35)48-31-9-4/h7-10,24-27,33-34H,2-6,11-23,28-32H2,1H3. The Kier molecular flexibility index (Phi) is 18.6. The number of aryl methyl sites for hydroxylation is 1. The van der Waals surface area contributed by atoms with Gasteiger partial charge in [-0.15, -0.1) is 0 Å². The van der Waals surface area contributed by atoms with Gasteiger partial charge in [0.1, 0.15) is 32.2 Å². The molecular formula is C43H59NO5. The highest BCUT2D eigenvalue weighted by molar-refractivity contribution is 5.87. The summed E-state index contributed by atoms with van der Waals surface area (Å²) < 4.78 is 26.2. The molecule has 3 aromatic rings. The van der Waals surface area contributed by atoms with Crippen molar-refractivity contribution in [3.05, 3.63) is 97.2 Å². The highest BCUT2D eigenvalue weighted by Crippen LogP contribution is 2.38. The zero-order valence-corrected chi connectivity index (χ0v) is 30.0. The summed E-state index contributed by atoms with van der Waals surface area (Å²) in [5, 5.41) is 0.577. The molecule has 0 amide bonds. The van der Waals surface area contributed by atoms with Crippen LogP contribution in [0.3, 0.4) is 0 Å². The molecule has 0 aliphatic heterocycles. The Bertz CT molecular complexity index is 1520. The lowest BCUT2D eigenvalue weighted by Gasteiger charge is -2.22. The second-order valence-electron chi connectivity index (χ2n) is 12.5. The van der Waals surface area contributed by atoms with Gasteiger partial charge >= 0.3 is 0 Å². The van der Waals surface area contributed by atoms with Crippen LogP contribution < -0.4 is 24.4 Å².